The van der Waals surface area contributed by atoms with Gasteiger partial charge in [0.1, 0.15) is 5.75 Å². The highest BCUT2D eigenvalue weighted by Gasteiger charge is 2.28. The van der Waals surface area contributed by atoms with E-state index >= 15 is 0 Å². The van der Waals surface area contributed by atoms with Gasteiger partial charge in [-0.25, -0.2) is 0 Å². The average molecular weight is 373 g/mol. The second kappa shape index (κ2) is 9.04. The molecule has 1 aliphatic rings. The van der Waals surface area contributed by atoms with Crippen molar-refractivity contribution in [3.8, 4) is 5.75 Å². The minimum absolute atomic E-state index is 0.0244. The lowest BCUT2D eigenvalue weighted by molar-refractivity contribution is 0.0870. The molecule has 0 bridgehead atoms. The van der Waals surface area contributed by atoms with Crippen molar-refractivity contribution in [1.29, 1.82) is 0 Å². The summed E-state index contributed by atoms with van der Waals surface area (Å²) in [7, 11) is 0. The minimum Gasteiger partial charge on any atom is -0.490 e. The molecule has 1 heterocycles. The van der Waals surface area contributed by atoms with E-state index in [9.17, 15) is 4.79 Å². The summed E-state index contributed by atoms with van der Waals surface area (Å²) in [4.78, 5) is 16.5. The molecule has 3 rings (SSSR count). The van der Waals surface area contributed by atoms with E-state index in [1.165, 1.54) is 0 Å². The van der Waals surface area contributed by atoms with Crippen LogP contribution in [0.2, 0.25) is 5.02 Å². The van der Waals surface area contributed by atoms with Crippen LogP contribution in [0, 0.1) is 5.92 Å². The first-order chi connectivity index (χ1) is 12.7. The smallest absolute Gasteiger partial charge is 0.251 e. The van der Waals surface area contributed by atoms with Crippen LogP contribution in [0.25, 0.3) is 0 Å². The number of halogens is 1. The zero-order chi connectivity index (χ0) is 18.4. The maximum atomic E-state index is 12.5. The molecule has 0 spiro atoms. The molecule has 5 heteroatoms. The summed E-state index contributed by atoms with van der Waals surface area (Å²) < 4.78 is 6.04. The van der Waals surface area contributed by atoms with Crippen LogP contribution in [0.5, 0.6) is 5.75 Å². The van der Waals surface area contributed by atoms with Gasteiger partial charge in [-0.05, 0) is 74.4 Å². The molecule has 1 saturated carbocycles. The minimum atomic E-state index is -0.0244. The number of rotatable bonds is 6. The fourth-order valence-corrected chi connectivity index (χ4v) is 3.75. The van der Waals surface area contributed by atoms with Gasteiger partial charge < -0.3 is 10.1 Å². The van der Waals surface area contributed by atoms with Crippen molar-refractivity contribution < 1.29 is 9.53 Å². The second-order valence-electron chi connectivity index (χ2n) is 6.83. The van der Waals surface area contributed by atoms with Crippen LogP contribution in [0.1, 0.15) is 49.4 Å². The van der Waals surface area contributed by atoms with Crippen molar-refractivity contribution in [3.05, 3.63) is 59.4 Å². The first-order valence-electron chi connectivity index (χ1n) is 9.29. The van der Waals surface area contributed by atoms with Gasteiger partial charge in [0.15, 0.2) is 0 Å². The van der Waals surface area contributed by atoms with Gasteiger partial charge in [-0.3, -0.25) is 9.78 Å². The first kappa shape index (κ1) is 18.7. The number of carbonyl (C=O) groups is 1. The number of nitrogens with zero attached hydrogens (tertiary/aromatic N) is 1. The Balaban J connectivity index is 1.51. The number of carbonyl (C=O) groups excluding carboxylic acids is 1. The predicted molar refractivity (Wildman–Crippen MR) is 104 cm³/mol. The van der Waals surface area contributed by atoms with Crippen molar-refractivity contribution in [1.82, 2.24) is 10.3 Å². The summed E-state index contributed by atoms with van der Waals surface area (Å²) in [5, 5.41) is 3.85. The van der Waals surface area contributed by atoms with Gasteiger partial charge >= 0.3 is 0 Å². The van der Waals surface area contributed by atoms with Crippen molar-refractivity contribution in [2.45, 2.75) is 51.2 Å². The average Bonchev–Trinajstić information content (AvgIpc) is 2.68. The number of amides is 1. The third kappa shape index (κ3) is 4.98. The lowest BCUT2D eigenvalue weighted by atomic mass is 9.81. The predicted octanol–water partition coefficient (Wildman–Crippen LogP) is 4.88. The molecule has 1 aromatic carbocycles. The van der Waals surface area contributed by atoms with Gasteiger partial charge in [-0.2, -0.15) is 0 Å². The van der Waals surface area contributed by atoms with Gasteiger partial charge in [0, 0.05) is 29.0 Å². The summed E-state index contributed by atoms with van der Waals surface area (Å²) in [5.74, 6) is 1.35. The Labute approximate surface area is 159 Å². The standard InChI is InChI=1S/C21H25ClN2O2/c1-2-20(24-21(25)16-3-7-17(22)8-4-16)15-5-9-18(10-6-15)26-19-11-13-23-14-12-19/h3-4,7-8,11-15,18,20H,2,5-6,9-10H2,1H3,(H,24,25)/t15?,18?,20-/m0/s1. The lowest BCUT2D eigenvalue weighted by Crippen LogP contribution is -2.42. The molecule has 138 valence electrons. The molecule has 1 fully saturated rings. The summed E-state index contributed by atoms with van der Waals surface area (Å²) in [5.41, 5.74) is 0.655. The molecule has 1 N–H and O–H groups in total. The quantitative estimate of drug-likeness (QED) is 0.786. The van der Waals surface area contributed by atoms with Crippen molar-refractivity contribution in [2.24, 2.45) is 5.92 Å². The Morgan fingerprint density at radius 2 is 1.81 bits per heavy atom. The van der Waals surface area contributed by atoms with Crippen molar-refractivity contribution in [3.63, 3.8) is 0 Å². The van der Waals surface area contributed by atoms with Gasteiger partial charge in [0.05, 0.1) is 6.10 Å². The van der Waals surface area contributed by atoms with E-state index in [-0.39, 0.29) is 18.1 Å². The van der Waals surface area contributed by atoms with Crippen molar-refractivity contribution >= 4 is 17.5 Å². The van der Waals surface area contributed by atoms with E-state index in [1.54, 1.807) is 36.7 Å². The van der Waals surface area contributed by atoms with E-state index < -0.39 is 0 Å². The van der Waals surface area contributed by atoms with Crippen LogP contribution in [-0.4, -0.2) is 23.0 Å². The summed E-state index contributed by atoms with van der Waals surface area (Å²) in [6, 6.07) is 11.0. The number of pyridine rings is 1. The summed E-state index contributed by atoms with van der Waals surface area (Å²) in [6.07, 6.45) is 8.84. The Morgan fingerprint density at radius 1 is 1.15 bits per heavy atom. The third-order valence-corrected chi connectivity index (χ3v) is 5.36. The normalized spacial score (nSPS) is 21.0. The highest BCUT2D eigenvalue weighted by molar-refractivity contribution is 6.30. The molecule has 4 nitrogen and oxygen atoms in total. The highest BCUT2D eigenvalue weighted by atomic mass is 35.5. The molecule has 1 aromatic heterocycles. The Kier molecular flexibility index (Phi) is 6.51. The molecule has 0 radical (unpaired) electrons. The van der Waals surface area contributed by atoms with Gasteiger partial charge in [0.2, 0.25) is 0 Å². The van der Waals surface area contributed by atoms with Crippen LogP contribution in [0.15, 0.2) is 48.8 Å². The van der Waals surface area contributed by atoms with Gasteiger partial charge in [0.25, 0.3) is 5.91 Å². The zero-order valence-corrected chi connectivity index (χ0v) is 15.8. The van der Waals surface area contributed by atoms with Crippen LogP contribution in [0.4, 0.5) is 0 Å². The van der Waals surface area contributed by atoms with E-state index in [2.05, 4.69) is 17.2 Å². The van der Waals surface area contributed by atoms with Crippen molar-refractivity contribution in [2.75, 3.05) is 0 Å². The van der Waals surface area contributed by atoms with E-state index in [1.807, 2.05) is 12.1 Å². The topological polar surface area (TPSA) is 51.2 Å². The molecule has 2 aromatic rings. The number of nitrogens with one attached hydrogen (secondary N) is 1. The van der Waals surface area contributed by atoms with Gasteiger partial charge in [-0.1, -0.05) is 18.5 Å². The lowest BCUT2D eigenvalue weighted by Gasteiger charge is -2.34. The first-order valence-corrected chi connectivity index (χ1v) is 9.66. The molecule has 0 unspecified atom stereocenters. The van der Waals surface area contributed by atoms with Crippen LogP contribution < -0.4 is 10.1 Å². The number of hydrogen-bond donors (Lipinski definition) is 1. The molecule has 1 amide bonds. The fourth-order valence-electron chi connectivity index (χ4n) is 3.62. The Morgan fingerprint density at radius 3 is 2.42 bits per heavy atom. The van der Waals surface area contributed by atoms with Crippen LogP contribution in [-0.2, 0) is 0 Å². The summed E-state index contributed by atoms with van der Waals surface area (Å²) >= 11 is 5.90. The largest absolute Gasteiger partial charge is 0.490 e. The van der Waals surface area contributed by atoms with Crippen LogP contribution in [0.3, 0.4) is 0 Å². The Hall–Kier alpha value is -2.07. The molecule has 1 aliphatic carbocycles. The molecule has 1 atom stereocenters. The maximum Gasteiger partial charge on any atom is 0.251 e. The second-order valence-corrected chi connectivity index (χ2v) is 7.27. The molecule has 0 aliphatic heterocycles. The van der Waals surface area contributed by atoms with E-state index in [0.717, 1.165) is 37.9 Å². The number of benzene rings is 1. The SMILES string of the molecule is CC[C@H](NC(=O)c1ccc(Cl)cc1)C1CCC(Oc2ccncc2)CC1. The monoisotopic (exact) mass is 372 g/mol. The highest BCUT2D eigenvalue weighted by Crippen LogP contribution is 2.30. The van der Waals surface area contributed by atoms with Gasteiger partial charge in [-0.15, -0.1) is 0 Å². The number of aromatic nitrogens is 1. The Bertz CT molecular complexity index is 698. The molecular formula is C21H25ClN2O2. The molecule has 0 saturated heterocycles. The van der Waals surface area contributed by atoms with E-state index in [0.29, 0.717) is 16.5 Å². The molecule has 26 heavy (non-hydrogen) atoms. The summed E-state index contributed by atoms with van der Waals surface area (Å²) in [6.45, 7) is 2.13. The molecular weight excluding hydrogens is 348 g/mol. The number of ether oxygens (including phenoxy) is 1. The third-order valence-electron chi connectivity index (χ3n) is 5.10. The maximum absolute atomic E-state index is 12.5. The zero-order valence-electron chi connectivity index (χ0n) is 15.0. The number of hydrogen-bond acceptors (Lipinski definition) is 3. The van der Waals surface area contributed by atoms with E-state index in [4.69, 9.17) is 16.3 Å². The fraction of sp³-hybridized carbons (Fsp3) is 0.429. The van der Waals surface area contributed by atoms with Crippen LogP contribution >= 0.6 is 11.6 Å².